The van der Waals surface area contributed by atoms with Gasteiger partial charge in [0.1, 0.15) is 5.82 Å². The molecule has 0 spiro atoms. The van der Waals surface area contributed by atoms with E-state index in [0.29, 0.717) is 17.3 Å². The van der Waals surface area contributed by atoms with Gasteiger partial charge in [-0.05, 0) is 12.5 Å². The summed E-state index contributed by atoms with van der Waals surface area (Å²) in [5.74, 6) is 0.793. The van der Waals surface area contributed by atoms with Crippen LogP contribution in [0.4, 0.5) is 0 Å². The number of aromatic nitrogens is 4. The zero-order valence-corrected chi connectivity index (χ0v) is 13.3. The Morgan fingerprint density at radius 3 is 2.92 bits per heavy atom. The van der Waals surface area contributed by atoms with Gasteiger partial charge in [0.25, 0.3) is 11.5 Å². The van der Waals surface area contributed by atoms with Crippen LogP contribution >= 0.6 is 0 Å². The van der Waals surface area contributed by atoms with Gasteiger partial charge in [0, 0.05) is 43.8 Å². The van der Waals surface area contributed by atoms with E-state index < -0.39 is 0 Å². The molecule has 1 atom stereocenters. The minimum absolute atomic E-state index is 0.0250. The lowest BCUT2D eigenvalue weighted by Crippen LogP contribution is -2.41. The van der Waals surface area contributed by atoms with Crippen LogP contribution in [-0.2, 0) is 20.0 Å². The van der Waals surface area contributed by atoms with Crippen LogP contribution in [0.25, 0.3) is 10.8 Å². The van der Waals surface area contributed by atoms with E-state index in [4.69, 9.17) is 0 Å². The largest absolute Gasteiger partial charge is 0.346 e. The summed E-state index contributed by atoms with van der Waals surface area (Å²) < 4.78 is 3.27. The third kappa shape index (κ3) is 2.38. The molecule has 3 heterocycles. The molecule has 1 aliphatic heterocycles. The second-order valence-electron chi connectivity index (χ2n) is 6.03. The molecule has 7 nitrogen and oxygen atoms in total. The third-order valence-corrected chi connectivity index (χ3v) is 4.44. The Hall–Kier alpha value is -2.96. The highest BCUT2D eigenvalue weighted by atomic mass is 16.2. The SMILES string of the molecule is Cn1nc(C(=O)NC2CCc3nccn3C2)c2ccccc2c1=O. The molecule has 1 aliphatic rings. The zero-order chi connectivity index (χ0) is 16.7. The highest BCUT2D eigenvalue weighted by Crippen LogP contribution is 2.16. The Morgan fingerprint density at radius 2 is 2.08 bits per heavy atom. The maximum Gasteiger partial charge on any atom is 0.274 e. The fraction of sp³-hybridized carbons (Fsp3) is 0.294. The van der Waals surface area contributed by atoms with Gasteiger partial charge in [-0.3, -0.25) is 9.59 Å². The molecule has 1 unspecified atom stereocenters. The Bertz CT molecular complexity index is 988. The molecule has 7 heteroatoms. The molecular formula is C17H17N5O2. The van der Waals surface area contributed by atoms with Crippen LogP contribution in [-0.4, -0.2) is 31.3 Å². The Balaban J connectivity index is 1.65. The predicted molar refractivity (Wildman–Crippen MR) is 88.8 cm³/mol. The summed E-state index contributed by atoms with van der Waals surface area (Å²) >= 11 is 0. The lowest BCUT2D eigenvalue weighted by Gasteiger charge is -2.24. The lowest BCUT2D eigenvalue weighted by molar-refractivity contribution is 0.0922. The van der Waals surface area contributed by atoms with Crippen molar-refractivity contribution in [3.05, 3.63) is 58.5 Å². The van der Waals surface area contributed by atoms with Crippen LogP contribution in [0, 0.1) is 0 Å². The van der Waals surface area contributed by atoms with Crippen LogP contribution < -0.4 is 10.9 Å². The van der Waals surface area contributed by atoms with Crippen LogP contribution in [0.3, 0.4) is 0 Å². The monoisotopic (exact) mass is 323 g/mol. The van der Waals surface area contributed by atoms with E-state index >= 15 is 0 Å². The highest BCUT2D eigenvalue weighted by molar-refractivity contribution is 6.04. The fourth-order valence-corrected chi connectivity index (χ4v) is 3.21. The quantitative estimate of drug-likeness (QED) is 0.759. The van der Waals surface area contributed by atoms with Crippen molar-refractivity contribution < 1.29 is 4.79 Å². The average molecular weight is 323 g/mol. The van der Waals surface area contributed by atoms with Gasteiger partial charge in [0.05, 0.1) is 5.39 Å². The number of nitrogens with one attached hydrogen (secondary N) is 1. The Morgan fingerprint density at radius 1 is 1.29 bits per heavy atom. The topological polar surface area (TPSA) is 81.8 Å². The summed E-state index contributed by atoms with van der Waals surface area (Å²) in [5.41, 5.74) is 0.0759. The van der Waals surface area contributed by atoms with Crippen LogP contribution in [0.15, 0.2) is 41.5 Å². The van der Waals surface area contributed by atoms with Crippen molar-refractivity contribution in [2.45, 2.75) is 25.4 Å². The molecule has 3 aromatic rings. The van der Waals surface area contributed by atoms with E-state index in [1.807, 2.05) is 6.20 Å². The van der Waals surface area contributed by atoms with Gasteiger partial charge in [-0.15, -0.1) is 0 Å². The molecule has 1 amide bonds. The molecule has 0 aliphatic carbocycles. The van der Waals surface area contributed by atoms with Crippen molar-refractivity contribution in [1.82, 2.24) is 24.6 Å². The maximum atomic E-state index is 12.7. The van der Waals surface area contributed by atoms with Crippen LogP contribution in [0.5, 0.6) is 0 Å². The van der Waals surface area contributed by atoms with E-state index in [2.05, 4.69) is 20.0 Å². The lowest BCUT2D eigenvalue weighted by atomic mass is 10.1. The number of fused-ring (bicyclic) bond motifs is 2. The Kier molecular flexibility index (Phi) is 3.41. The smallest absolute Gasteiger partial charge is 0.274 e. The van der Waals surface area contributed by atoms with Gasteiger partial charge < -0.3 is 9.88 Å². The van der Waals surface area contributed by atoms with Gasteiger partial charge in [-0.2, -0.15) is 5.10 Å². The van der Waals surface area contributed by atoms with Gasteiger partial charge in [-0.1, -0.05) is 18.2 Å². The first-order chi connectivity index (χ1) is 11.6. The minimum Gasteiger partial charge on any atom is -0.346 e. The number of carbonyl (C=O) groups is 1. The number of nitrogens with zero attached hydrogens (tertiary/aromatic N) is 4. The second-order valence-corrected chi connectivity index (χ2v) is 6.03. The molecular weight excluding hydrogens is 306 g/mol. The number of imidazole rings is 1. The van der Waals surface area contributed by atoms with E-state index in [1.54, 1.807) is 37.5 Å². The number of aryl methyl sites for hydroxylation is 2. The number of rotatable bonds is 2. The summed E-state index contributed by atoms with van der Waals surface area (Å²) in [5, 5.41) is 8.29. The predicted octanol–water partition coefficient (Wildman–Crippen LogP) is 0.875. The first kappa shape index (κ1) is 14.6. The summed E-state index contributed by atoms with van der Waals surface area (Å²) in [7, 11) is 1.56. The maximum absolute atomic E-state index is 12.7. The molecule has 0 saturated carbocycles. The summed E-state index contributed by atoms with van der Waals surface area (Å²) in [6.07, 6.45) is 5.38. The van der Waals surface area contributed by atoms with Gasteiger partial charge in [0.2, 0.25) is 0 Å². The molecule has 0 bridgehead atoms. The summed E-state index contributed by atoms with van der Waals surface area (Å²) in [4.78, 5) is 29.2. The Labute approximate surface area is 137 Å². The first-order valence-corrected chi connectivity index (χ1v) is 7.90. The first-order valence-electron chi connectivity index (χ1n) is 7.90. The van der Waals surface area contributed by atoms with Gasteiger partial charge >= 0.3 is 0 Å². The number of amides is 1. The van der Waals surface area contributed by atoms with E-state index in [-0.39, 0.29) is 23.2 Å². The fourth-order valence-electron chi connectivity index (χ4n) is 3.21. The molecule has 2 aromatic heterocycles. The third-order valence-electron chi connectivity index (χ3n) is 4.44. The molecule has 4 rings (SSSR count). The molecule has 0 saturated heterocycles. The van der Waals surface area contributed by atoms with Crippen LogP contribution in [0.1, 0.15) is 22.7 Å². The van der Waals surface area contributed by atoms with Crippen molar-refractivity contribution in [3.63, 3.8) is 0 Å². The van der Waals surface area contributed by atoms with E-state index in [0.717, 1.165) is 18.7 Å². The summed E-state index contributed by atoms with van der Waals surface area (Å²) in [6.45, 7) is 0.699. The highest BCUT2D eigenvalue weighted by Gasteiger charge is 2.23. The van der Waals surface area contributed by atoms with Gasteiger partial charge in [0.15, 0.2) is 5.69 Å². The number of hydrogen-bond donors (Lipinski definition) is 1. The second kappa shape index (κ2) is 5.59. The number of benzene rings is 1. The molecule has 1 N–H and O–H groups in total. The normalized spacial score (nSPS) is 16.8. The summed E-state index contributed by atoms with van der Waals surface area (Å²) in [6, 6.07) is 7.09. The van der Waals surface area contributed by atoms with Crippen LogP contribution in [0.2, 0.25) is 0 Å². The number of hydrogen-bond acceptors (Lipinski definition) is 4. The van der Waals surface area contributed by atoms with Crippen molar-refractivity contribution in [2.75, 3.05) is 0 Å². The molecule has 0 fully saturated rings. The minimum atomic E-state index is -0.254. The zero-order valence-electron chi connectivity index (χ0n) is 13.3. The molecule has 24 heavy (non-hydrogen) atoms. The average Bonchev–Trinajstić information content (AvgIpc) is 3.06. The standard InChI is InChI=1S/C17H17N5O2/c1-21-17(24)13-5-3-2-4-12(13)15(20-21)16(23)19-11-6-7-14-18-8-9-22(14)10-11/h2-5,8-9,11H,6-7,10H2,1H3,(H,19,23). The van der Waals surface area contributed by atoms with E-state index in [1.165, 1.54) is 4.68 Å². The van der Waals surface area contributed by atoms with Crippen molar-refractivity contribution in [3.8, 4) is 0 Å². The van der Waals surface area contributed by atoms with Crippen molar-refractivity contribution in [2.24, 2.45) is 7.05 Å². The molecule has 122 valence electrons. The van der Waals surface area contributed by atoms with Gasteiger partial charge in [-0.25, -0.2) is 9.67 Å². The molecule has 1 aromatic carbocycles. The van der Waals surface area contributed by atoms with Crippen molar-refractivity contribution in [1.29, 1.82) is 0 Å². The van der Waals surface area contributed by atoms with E-state index in [9.17, 15) is 9.59 Å². The molecule has 0 radical (unpaired) electrons. The van der Waals surface area contributed by atoms with Crippen molar-refractivity contribution >= 4 is 16.7 Å². The number of carbonyl (C=O) groups excluding carboxylic acids is 1.